The van der Waals surface area contributed by atoms with Crippen LogP contribution in [0, 0.1) is 0 Å². The zero-order valence-electron chi connectivity index (χ0n) is 11.1. The SMILES string of the molecule is CCOC(=O)CCCC(=O)c1cccc(CC)c1. The Morgan fingerprint density at radius 2 is 1.94 bits per heavy atom. The molecule has 0 radical (unpaired) electrons. The number of hydrogen-bond donors (Lipinski definition) is 0. The highest BCUT2D eigenvalue weighted by Gasteiger charge is 2.08. The van der Waals surface area contributed by atoms with Gasteiger partial charge in [0, 0.05) is 18.4 Å². The molecule has 0 fully saturated rings. The molecule has 1 rings (SSSR count). The molecule has 0 atom stereocenters. The minimum Gasteiger partial charge on any atom is -0.466 e. The summed E-state index contributed by atoms with van der Waals surface area (Å²) in [6.07, 6.45) is 2.18. The summed E-state index contributed by atoms with van der Waals surface area (Å²) in [5, 5.41) is 0. The van der Waals surface area contributed by atoms with Gasteiger partial charge < -0.3 is 4.74 Å². The minimum absolute atomic E-state index is 0.0922. The first-order chi connectivity index (χ1) is 8.67. The van der Waals surface area contributed by atoms with Crippen LogP contribution in [0.4, 0.5) is 0 Å². The molecule has 0 unspecified atom stereocenters. The van der Waals surface area contributed by atoms with E-state index in [-0.39, 0.29) is 11.8 Å². The monoisotopic (exact) mass is 248 g/mol. The number of carbonyl (C=O) groups excluding carboxylic acids is 2. The molecule has 0 aliphatic carbocycles. The molecule has 0 aliphatic heterocycles. The molecule has 1 aromatic rings. The Bertz CT molecular complexity index is 410. The third kappa shape index (κ3) is 4.70. The van der Waals surface area contributed by atoms with Gasteiger partial charge in [0.2, 0.25) is 0 Å². The largest absolute Gasteiger partial charge is 0.466 e. The molecule has 3 heteroatoms. The fraction of sp³-hybridized carbons (Fsp3) is 0.467. The van der Waals surface area contributed by atoms with E-state index in [4.69, 9.17) is 4.74 Å². The third-order valence-electron chi connectivity index (χ3n) is 2.75. The van der Waals surface area contributed by atoms with Gasteiger partial charge in [0.05, 0.1) is 6.61 Å². The lowest BCUT2D eigenvalue weighted by Gasteiger charge is -2.03. The number of benzene rings is 1. The van der Waals surface area contributed by atoms with E-state index < -0.39 is 0 Å². The Morgan fingerprint density at radius 1 is 1.17 bits per heavy atom. The van der Waals surface area contributed by atoms with Gasteiger partial charge in [0.25, 0.3) is 0 Å². The topological polar surface area (TPSA) is 43.4 Å². The number of hydrogen-bond acceptors (Lipinski definition) is 3. The molecule has 1 aromatic carbocycles. The van der Waals surface area contributed by atoms with Crippen LogP contribution in [0.15, 0.2) is 24.3 Å². The number of esters is 1. The summed E-state index contributed by atoms with van der Waals surface area (Å²) in [6, 6.07) is 7.66. The Kier molecular flexibility index (Phi) is 6.12. The number of ketones is 1. The number of rotatable bonds is 7. The van der Waals surface area contributed by atoms with Crippen molar-refractivity contribution in [1.82, 2.24) is 0 Å². The maximum absolute atomic E-state index is 11.9. The summed E-state index contributed by atoms with van der Waals surface area (Å²) < 4.78 is 4.82. The minimum atomic E-state index is -0.229. The van der Waals surface area contributed by atoms with Crippen molar-refractivity contribution in [2.75, 3.05) is 6.61 Å². The smallest absolute Gasteiger partial charge is 0.305 e. The molecule has 0 bridgehead atoms. The van der Waals surface area contributed by atoms with E-state index in [0.717, 1.165) is 17.5 Å². The molecule has 98 valence electrons. The fourth-order valence-electron chi connectivity index (χ4n) is 1.74. The van der Waals surface area contributed by atoms with Gasteiger partial charge in [-0.15, -0.1) is 0 Å². The Labute approximate surface area is 108 Å². The van der Waals surface area contributed by atoms with Crippen molar-refractivity contribution in [3.63, 3.8) is 0 Å². The molecule has 0 aromatic heterocycles. The fourth-order valence-corrected chi connectivity index (χ4v) is 1.74. The molecular weight excluding hydrogens is 228 g/mol. The number of ether oxygens (including phenoxy) is 1. The van der Waals surface area contributed by atoms with Gasteiger partial charge in [-0.2, -0.15) is 0 Å². The molecule has 0 spiro atoms. The molecule has 0 aliphatic rings. The molecular formula is C15H20O3. The van der Waals surface area contributed by atoms with Gasteiger partial charge in [-0.25, -0.2) is 0 Å². The van der Waals surface area contributed by atoms with E-state index in [1.54, 1.807) is 6.92 Å². The number of aryl methyl sites for hydroxylation is 1. The number of Topliss-reactive ketones (excluding diaryl/α,β-unsaturated/α-hetero) is 1. The summed E-state index contributed by atoms with van der Waals surface area (Å²) in [5.41, 5.74) is 1.89. The summed E-state index contributed by atoms with van der Waals surface area (Å²) in [7, 11) is 0. The molecule has 0 saturated carbocycles. The summed E-state index contributed by atoms with van der Waals surface area (Å²) >= 11 is 0. The predicted molar refractivity (Wildman–Crippen MR) is 70.6 cm³/mol. The van der Waals surface area contributed by atoms with Gasteiger partial charge >= 0.3 is 5.97 Å². The Balaban J connectivity index is 2.42. The highest BCUT2D eigenvalue weighted by atomic mass is 16.5. The summed E-state index contributed by atoms with van der Waals surface area (Å²) in [6.45, 7) is 4.23. The second kappa shape index (κ2) is 7.64. The second-order valence-electron chi connectivity index (χ2n) is 4.14. The van der Waals surface area contributed by atoms with Crippen molar-refractivity contribution in [3.05, 3.63) is 35.4 Å². The summed E-state index contributed by atoms with van der Waals surface area (Å²) in [5.74, 6) is -0.137. The van der Waals surface area contributed by atoms with Crippen molar-refractivity contribution in [2.45, 2.75) is 39.5 Å². The molecule has 0 heterocycles. The third-order valence-corrected chi connectivity index (χ3v) is 2.75. The first kappa shape index (κ1) is 14.4. The standard InChI is InChI=1S/C15H20O3/c1-3-12-7-5-8-13(11-12)14(16)9-6-10-15(17)18-4-2/h5,7-8,11H,3-4,6,9-10H2,1-2H3. The maximum atomic E-state index is 11.9. The van der Waals surface area contributed by atoms with Crippen LogP contribution in [0.25, 0.3) is 0 Å². The summed E-state index contributed by atoms with van der Waals surface area (Å²) in [4.78, 5) is 23.0. The van der Waals surface area contributed by atoms with E-state index in [0.29, 0.717) is 25.9 Å². The van der Waals surface area contributed by atoms with Crippen LogP contribution in [-0.4, -0.2) is 18.4 Å². The molecule has 18 heavy (non-hydrogen) atoms. The lowest BCUT2D eigenvalue weighted by atomic mass is 10.0. The quantitative estimate of drug-likeness (QED) is 0.550. The average molecular weight is 248 g/mol. The molecule has 0 saturated heterocycles. The van der Waals surface area contributed by atoms with Crippen LogP contribution in [0.1, 0.15) is 49.0 Å². The second-order valence-corrected chi connectivity index (χ2v) is 4.14. The highest BCUT2D eigenvalue weighted by Crippen LogP contribution is 2.10. The van der Waals surface area contributed by atoms with Crippen LogP contribution in [-0.2, 0) is 16.0 Å². The Morgan fingerprint density at radius 3 is 2.61 bits per heavy atom. The lowest BCUT2D eigenvalue weighted by Crippen LogP contribution is -2.06. The molecule has 0 amide bonds. The van der Waals surface area contributed by atoms with E-state index in [2.05, 4.69) is 6.92 Å². The van der Waals surface area contributed by atoms with Gasteiger partial charge in [-0.1, -0.05) is 25.1 Å². The first-order valence-corrected chi connectivity index (χ1v) is 6.45. The van der Waals surface area contributed by atoms with Crippen molar-refractivity contribution in [3.8, 4) is 0 Å². The highest BCUT2D eigenvalue weighted by molar-refractivity contribution is 5.96. The van der Waals surface area contributed by atoms with E-state index in [9.17, 15) is 9.59 Å². The van der Waals surface area contributed by atoms with Gasteiger partial charge in [-0.3, -0.25) is 9.59 Å². The van der Waals surface area contributed by atoms with Crippen LogP contribution in [0.5, 0.6) is 0 Å². The normalized spacial score (nSPS) is 10.1. The zero-order valence-corrected chi connectivity index (χ0v) is 11.1. The number of carbonyl (C=O) groups is 2. The first-order valence-electron chi connectivity index (χ1n) is 6.45. The molecule has 3 nitrogen and oxygen atoms in total. The predicted octanol–water partition coefficient (Wildman–Crippen LogP) is 3.17. The van der Waals surface area contributed by atoms with Crippen LogP contribution >= 0.6 is 0 Å². The van der Waals surface area contributed by atoms with Crippen LogP contribution in [0.2, 0.25) is 0 Å². The van der Waals surface area contributed by atoms with Crippen LogP contribution < -0.4 is 0 Å². The van der Waals surface area contributed by atoms with Crippen molar-refractivity contribution < 1.29 is 14.3 Å². The van der Waals surface area contributed by atoms with Gasteiger partial charge in [-0.05, 0) is 31.4 Å². The average Bonchev–Trinajstić information content (AvgIpc) is 2.39. The van der Waals surface area contributed by atoms with Crippen LogP contribution in [0.3, 0.4) is 0 Å². The maximum Gasteiger partial charge on any atom is 0.305 e. The lowest BCUT2D eigenvalue weighted by molar-refractivity contribution is -0.143. The Hall–Kier alpha value is -1.64. The molecule has 0 N–H and O–H groups in total. The van der Waals surface area contributed by atoms with E-state index >= 15 is 0 Å². The van der Waals surface area contributed by atoms with Gasteiger partial charge in [0.1, 0.15) is 0 Å². The van der Waals surface area contributed by atoms with Crippen molar-refractivity contribution in [1.29, 1.82) is 0 Å². The van der Waals surface area contributed by atoms with Gasteiger partial charge in [0.15, 0.2) is 5.78 Å². The zero-order chi connectivity index (χ0) is 13.4. The van der Waals surface area contributed by atoms with Crippen molar-refractivity contribution in [2.24, 2.45) is 0 Å². The van der Waals surface area contributed by atoms with E-state index in [1.165, 1.54) is 0 Å². The van der Waals surface area contributed by atoms with Crippen molar-refractivity contribution >= 4 is 11.8 Å². The van der Waals surface area contributed by atoms with E-state index in [1.807, 2.05) is 24.3 Å².